The van der Waals surface area contributed by atoms with E-state index in [1.165, 1.54) is 6.07 Å². The number of hydrogen-bond acceptors (Lipinski definition) is 7. The second-order valence-electron chi connectivity index (χ2n) is 8.57. The fourth-order valence-corrected chi connectivity index (χ4v) is 4.55. The molecule has 1 saturated carbocycles. The number of carboxylic acid groups (broad SMARTS) is 1. The van der Waals surface area contributed by atoms with E-state index < -0.39 is 12.0 Å². The molecule has 2 unspecified atom stereocenters. The van der Waals surface area contributed by atoms with Crippen molar-refractivity contribution in [2.75, 3.05) is 19.6 Å². The summed E-state index contributed by atoms with van der Waals surface area (Å²) < 4.78 is 14.7. The van der Waals surface area contributed by atoms with E-state index >= 15 is 0 Å². The fraction of sp³-hybridized carbons (Fsp3) is 0.478. The molecule has 2 heterocycles. The van der Waals surface area contributed by atoms with Crippen molar-refractivity contribution in [3.8, 4) is 0 Å². The predicted molar refractivity (Wildman–Crippen MR) is 122 cm³/mol. The number of benzene rings is 1. The minimum Gasteiger partial charge on any atom is -0.481 e. The van der Waals surface area contributed by atoms with E-state index in [1.54, 1.807) is 18.2 Å². The minimum atomic E-state index is -0.820. The maximum absolute atomic E-state index is 14.7. The highest BCUT2D eigenvalue weighted by molar-refractivity contribution is 7.81. The summed E-state index contributed by atoms with van der Waals surface area (Å²) in [6, 6.07) is 5.97. The van der Waals surface area contributed by atoms with Gasteiger partial charge in [0.15, 0.2) is 5.78 Å². The number of hydrogen-bond donors (Lipinski definition) is 4. The Bertz CT molecular complexity index is 934. The van der Waals surface area contributed by atoms with E-state index in [4.69, 9.17) is 17.7 Å². The third-order valence-corrected chi connectivity index (χ3v) is 6.74. The van der Waals surface area contributed by atoms with Gasteiger partial charge in [-0.3, -0.25) is 19.5 Å². The molecule has 1 aromatic carbocycles. The Balaban J connectivity index is 1.53. The fourth-order valence-electron chi connectivity index (χ4n) is 4.28. The molecule has 2 fully saturated rings. The van der Waals surface area contributed by atoms with Crippen molar-refractivity contribution in [1.82, 2.24) is 20.9 Å². The van der Waals surface area contributed by atoms with Gasteiger partial charge in [0.05, 0.1) is 11.7 Å². The number of aliphatic carboxylic acids is 1. The van der Waals surface area contributed by atoms with Crippen LogP contribution in [0.3, 0.4) is 0 Å². The van der Waals surface area contributed by atoms with Crippen LogP contribution in [-0.2, 0) is 9.59 Å². The van der Waals surface area contributed by atoms with Gasteiger partial charge in [-0.1, -0.05) is 18.2 Å². The quantitative estimate of drug-likeness (QED) is 0.422. The van der Waals surface area contributed by atoms with E-state index in [0.29, 0.717) is 31.6 Å². The molecule has 32 heavy (non-hydrogen) atoms. The molecule has 4 rings (SSSR count). The van der Waals surface area contributed by atoms with Crippen molar-refractivity contribution >= 4 is 24.4 Å². The molecular formula is C23H29FN4O3S. The molecule has 3 N–H and O–H groups in total. The lowest BCUT2D eigenvalue weighted by Gasteiger charge is -2.38. The first-order chi connectivity index (χ1) is 15.4. The van der Waals surface area contributed by atoms with Crippen molar-refractivity contribution in [3.05, 3.63) is 59.2 Å². The van der Waals surface area contributed by atoms with E-state index in [0.717, 1.165) is 30.5 Å². The molecule has 0 bridgehead atoms. The first-order valence-electron chi connectivity index (χ1n) is 11.1. The van der Waals surface area contributed by atoms with Gasteiger partial charge in [-0.2, -0.15) is 12.6 Å². The average molecular weight is 461 g/mol. The molecule has 1 aliphatic carbocycles. The lowest BCUT2D eigenvalue weighted by molar-refractivity contribution is -0.137. The van der Waals surface area contributed by atoms with Crippen LogP contribution in [0.25, 0.3) is 0 Å². The van der Waals surface area contributed by atoms with Crippen molar-refractivity contribution in [3.63, 3.8) is 0 Å². The molecule has 2 aliphatic heterocycles. The minimum absolute atomic E-state index is 0.0245. The zero-order valence-corrected chi connectivity index (χ0v) is 18.7. The van der Waals surface area contributed by atoms with E-state index in [2.05, 4.69) is 15.9 Å². The number of carboxylic acids is 1. The van der Waals surface area contributed by atoms with Crippen molar-refractivity contribution in [2.24, 2.45) is 5.92 Å². The second-order valence-corrected chi connectivity index (χ2v) is 9.19. The van der Waals surface area contributed by atoms with Gasteiger partial charge in [-0.05, 0) is 43.4 Å². The zero-order valence-electron chi connectivity index (χ0n) is 17.8. The van der Waals surface area contributed by atoms with Crippen molar-refractivity contribution < 1.29 is 19.1 Å². The van der Waals surface area contributed by atoms with Crippen LogP contribution in [-0.4, -0.2) is 51.7 Å². The summed E-state index contributed by atoms with van der Waals surface area (Å²) in [5.74, 6) is -1.04. The summed E-state index contributed by atoms with van der Waals surface area (Å²) in [5.41, 5.74) is 8.33. The molecule has 0 spiro atoms. The van der Waals surface area contributed by atoms with Crippen molar-refractivity contribution in [2.45, 2.75) is 43.4 Å². The van der Waals surface area contributed by atoms with E-state index in [9.17, 15) is 14.0 Å². The molecule has 0 aromatic heterocycles. The zero-order chi connectivity index (χ0) is 22.7. The normalized spacial score (nSPS) is 23.7. The SMILES string of the molecule is O=C(O)CCCN1NNC=C1/C=C1\CN(C(C(=O)C2CC2)c2ccccc2F)CCC1S. The molecule has 7 nitrogen and oxygen atoms in total. The van der Waals surface area contributed by atoms with Gasteiger partial charge >= 0.3 is 5.97 Å². The number of likely N-dealkylation sites (tertiary alicyclic amines) is 1. The Hall–Kier alpha value is -2.36. The van der Waals surface area contributed by atoms with Gasteiger partial charge < -0.3 is 10.5 Å². The first kappa shape index (κ1) is 22.8. The number of thiol groups is 1. The van der Waals surface area contributed by atoms with Crippen LogP contribution < -0.4 is 11.0 Å². The number of carbonyl (C=O) groups excluding carboxylic acids is 1. The first-order valence-corrected chi connectivity index (χ1v) is 11.6. The number of carbonyl (C=O) groups is 2. The number of rotatable bonds is 9. The summed E-state index contributed by atoms with van der Waals surface area (Å²) in [4.78, 5) is 26.1. The summed E-state index contributed by atoms with van der Waals surface area (Å²) >= 11 is 4.76. The van der Waals surface area contributed by atoms with Crippen LogP contribution in [0.5, 0.6) is 0 Å². The summed E-state index contributed by atoms with van der Waals surface area (Å²) in [6.45, 7) is 1.72. The van der Waals surface area contributed by atoms with Gasteiger partial charge in [0.25, 0.3) is 0 Å². The molecule has 9 heteroatoms. The molecule has 3 aliphatic rings. The van der Waals surface area contributed by atoms with E-state index in [1.807, 2.05) is 17.3 Å². The molecular weight excluding hydrogens is 431 g/mol. The highest BCUT2D eigenvalue weighted by Gasteiger charge is 2.41. The number of halogens is 1. The van der Waals surface area contributed by atoms with Gasteiger partial charge in [0.1, 0.15) is 5.82 Å². The lowest BCUT2D eigenvalue weighted by atomic mass is 9.93. The van der Waals surface area contributed by atoms with Crippen LogP contribution in [0.15, 0.2) is 47.8 Å². The number of allylic oxidation sites excluding steroid dienone is 1. The Labute approximate surface area is 192 Å². The number of ketones is 1. The third kappa shape index (κ3) is 5.33. The highest BCUT2D eigenvalue weighted by atomic mass is 32.1. The summed E-state index contributed by atoms with van der Waals surface area (Å²) in [5, 5.41) is 10.8. The number of nitrogens with zero attached hydrogens (tertiary/aromatic N) is 2. The van der Waals surface area contributed by atoms with Gasteiger partial charge in [0.2, 0.25) is 0 Å². The summed E-state index contributed by atoms with van der Waals surface area (Å²) in [6.07, 6.45) is 6.96. The molecule has 0 amide bonds. The Morgan fingerprint density at radius 2 is 2.06 bits per heavy atom. The number of hydrazine groups is 2. The molecule has 0 radical (unpaired) electrons. The average Bonchev–Trinajstić information content (AvgIpc) is 3.53. The van der Waals surface area contributed by atoms with Crippen LogP contribution in [0, 0.1) is 11.7 Å². The standard InChI is InChI=1S/C23H29FN4O3S/c24-19-5-2-1-4-18(19)22(23(31)15-7-8-15)27-11-9-20(32)16(14-27)12-17-13-25-26-28(17)10-3-6-21(29)30/h1-2,4-5,12-13,15,20,22,25-26,32H,3,6-11,14H2,(H,29,30)/b16-12+. The topological polar surface area (TPSA) is 84.9 Å². The van der Waals surface area contributed by atoms with Crippen LogP contribution in [0.4, 0.5) is 4.39 Å². The number of piperidine rings is 1. The molecule has 1 aromatic rings. The van der Waals surface area contributed by atoms with Gasteiger partial charge in [0, 0.05) is 49.0 Å². The largest absolute Gasteiger partial charge is 0.481 e. The van der Waals surface area contributed by atoms with Crippen LogP contribution >= 0.6 is 12.6 Å². The number of nitrogens with one attached hydrogen (secondary N) is 2. The Kier molecular flexibility index (Phi) is 7.17. The van der Waals surface area contributed by atoms with Crippen LogP contribution in [0.1, 0.15) is 43.7 Å². The van der Waals surface area contributed by atoms with Gasteiger partial charge in [-0.15, -0.1) is 5.53 Å². The predicted octanol–water partition coefficient (Wildman–Crippen LogP) is 2.81. The summed E-state index contributed by atoms with van der Waals surface area (Å²) in [7, 11) is 0. The van der Waals surface area contributed by atoms with Crippen molar-refractivity contribution in [1.29, 1.82) is 0 Å². The highest BCUT2D eigenvalue weighted by Crippen LogP contribution is 2.39. The Morgan fingerprint density at radius 3 is 2.78 bits per heavy atom. The number of Topliss-reactive ketones (excluding diaryl/α,β-unsaturated/α-hetero) is 1. The smallest absolute Gasteiger partial charge is 0.303 e. The van der Waals surface area contributed by atoms with Gasteiger partial charge in [-0.25, -0.2) is 4.39 Å². The third-order valence-electron chi connectivity index (χ3n) is 6.15. The molecule has 1 saturated heterocycles. The monoisotopic (exact) mass is 460 g/mol. The molecule has 172 valence electrons. The molecule has 2 atom stereocenters. The maximum Gasteiger partial charge on any atom is 0.303 e. The lowest BCUT2D eigenvalue weighted by Crippen LogP contribution is -2.43. The van der Waals surface area contributed by atoms with Crippen LogP contribution in [0.2, 0.25) is 0 Å². The maximum atomic E-state index is 14.7. The Morgan fingerprint density at radius 1 is 1.28 bits per heavy atom. The second kappa shape index (κ2) is 10.1. The van der Waals surface area contributed by atoms with E-state index in [-0.39, 0.29) is 29.2 Å².